The summed E-state index contributed by atoms with van der Waals surface area (Å²) in [6.45, 7) is 0. The summed E-state index contributed by atoms with van der Waals surface area (Å²) in [7, 11) is 0. The second kappa shape index (κ2) is 5.68. The largest absolute Gasteiger partial charge is 0.573 e. The van der Waals surface area contributed by atoms with Crippen LogP contribution in [0.4, 0.5) is 13.2 Å². The van der Waals surface area contributed by atoms with Crippen molar-refractivity contribution in [1.29, 1.82) is 0 Å². The summed E-state index contributed by atoms with van der Waals surface area (Å²) in [5.74, 6) is -2.16. The van der Waals surface area contributed by atoms with Crippen molar-refractivity contribution in [3.63, 3.8) is 0 Å². The highest BCUT2D eigenvalue weighted by atomic mass is 19.4. The number of amides is 1. The summed E-state index contributed by atoms with van der Waals surface area (Å²) in [4.78, 5) is 23.0. The van der Waals surface area contributed by atoms with Crippen molar-refractivity contribution < 1.29 is 32.6 Å². The monoisotopic (exact) mass is 343 g/mol. The van der Waals surface area contributed by atoms with E-state index in [9.17, 15) is 22.8 Å². The number of carboxylic acids is 1. The van der Waals surface area contributed by atoms with Crippen molar-refractivity contribution in [2.45, 2.75) is 37.6 Å². The smallest absolute Gasteiger partial charge is 0.481 e. The van der Waals surface area contributed by atoms with Crippen LogP contribution in [0.3, 0.4) is 0 Å². The normalized spacial score (nSPS) is 24.6. The van der Waals surface area contributed by atoms with Crippen LogP contribution in [0.2, 0.25) is 0 Å². The standard InChI is InChI=1S/C16H16F3NO4/c17-16(18,19)24-12-3-1-11(2-4-12)15(5-6-15)20-13(21)9-7-10(8-9)14(22)23/h1-4,9-10H,5-8H2,(H,20,21)(H,22,23). The molecule has 1 aromatic carbocycles. The molecule has 130 valence electrons. The molecule has 5 nitrogen and oxygen atoms in total. The molecule has 8 heteroatoms. The zero-order chi connectivity index (χ0) is 17.5. The van der Waals surface area contributed by atoms with Gasteiger partial charge in [-0.15, -0.1) is 13.2 Å². The molecule has 1 aromatic rings. The topological polar surface area (TPSA) is 75.6 Å². The summed E-state index contributed by atoms with van der Waals surface area (Å²) in [5, 5.41) is 11.8. The third-order valence-corrected chi connectivity index (χ3v) is 4.61. The Bertz CT molecular complexity index is 646. The number of ether oxygens (including phenoxy) is 1. The quantitative estimate of drug-likeness (QED) is 0.862. The van der Waals surface area contributed by atoms with Gasteiger partial charge in [-0.1, -0.05) is 12.1 Å². The molecule has 0 spiro atoms. The van der Waals surface area contributed by atoms with Crippen LogP contribution in [-0.2, 0) is 15.1 Å². The Labute approximate surface area is 135 Å². The molecular weight excluding hydrogens is 327 g/mol. The van der Waals surface area contributed by atoms with Crippen molar-refractivity contribution in [2.75, 3.05) is 0 Å². The Kier molecular flexibility index (Phi) is 3.93. The number of carbonyl (C=O) groups excluding carboxylic acids is 1. The first kappa shape index (κ1) is 16.6. The first-order valence-corrected chi connectivity index (χ1v) is 7.60. The Morgan fingerprint density at radius 1 is 1.12 bits per heavy atom. The molecular formula is C16H16F3NO4. The van der Waals surface area contributed by atoms with Gasteiger partial charge in [-0.05, 0) is 43.4 Å². The van der Waals surface area contributed by atoms with E-state index in [-0.39, 0.29) is 17.6 Å². The molecule has 0 aliphatic heterocycles. The molecule has 2 N–H and O–H groups in total. The number of carbonyl (C=O) groups is 2. The highest BCUT2D eigenvalue weighted by Gasteiger charge is 2.48. The van der Waals surface area contributed by atoms with Crippen LogP contribution in [0.25, 0.3) is 0 Å². The molecule has 2 aliphatic carbocycles. The molecule has 0 atom stereocenters. The van der Waals surface area contributed by atoms with E-state index in [2.05, 4.69) is 10.1 Å². The van der Waals surface area contributed by atoms with Crippen LogP contribution in [0, 0.1) is 11.8 Å². The average molecular weight is 343 g/mol. The minimum Gasteiger partial charge on any atom is -0.481 e. The summed E-state index contributed by atoms with van der Waals surface area (Å²) in [5.41, 5.74) is 0.168. The van der Waals surface area contributed by atoms with Crippen molar-refractivity contribution in [3.8, 4) is 5.75 Å². The summed E-state index contributed by atoms with van der Waals surface area (Å²) in [6, 6.07) is 5.46. The van der Waals surface area contributed by atoms with Gasteiger partial charge >= 0.3 is 12.3 Å². The Balaban J connectivity index is 1.60. The fourth-order valence-electron chi connectivity index (χ4n) is 2.96. The number of benzene rings is 1. The van der Waals surface area contributed by atoms with E-state index in [1.54, 1.807) is 0 Å². The molecule has 2 aliphatic rings. The number of hydrogen-bond acceptors (Lipinski definition) is 3. The lowest BCUT2D eigenvalue weighted by Crippen LogP contribution is -2.45. The molecule has 0 unspecified atom stereocenters. The molecule has 0 radical (unpaired) electrons. The number of hydrogen-bond donors (Lipinski definition) is 2. The molecule has 0 bridgehead atoms. The Morgan fingerprint density at radius 3 is 2.17 bits per heavy atom. The lowest BCUT2D eigenvalue weighted by molar-refractivity contribution is -0.274. The first-order chi connectivity index (χ1) is 11.2. The second-order valence-electron chi connectivity index (χ2n) is 6.35. The third-order valence-electron chi connectivity index (χ3n) is 4.61. The van der Waals surface area contributed by atoms with Gasteiger partial charge in [0.2, 0.25) is 5.91 Å². The van der Waals surface area contributed by atoms with E-state index in [0.717, 1.165) is 5.56 Å². The number of alkyl halides is 3. The molecule has 1 amide bonds. The minimum atomic E-state index is -4.74. The van der Waals surface area contributed by atoms with Gasteiger partial charge in [-0.2, -0.15) is 0 Å². The summed E-state index contributed by atoms with van der Waals surface area (Å²) in [6.07, 6.45) is -2.68. The first-order valence-electron chi connectivity index (χ1n) is 7.60. The van der Waals surface area contributed by atoms with Crippen LogP contribution >= 0.6 is 0 Å². The fraction of sp³-hybridized carbons (Fsp3) is 0.500. The molecule has 2 saturated carbocycles. The van der Waals surface area contributed by atoms with Gasteiger partial charge in [0, 0.05) is 5.92 Å². The van der Waals surface area contributed by atoms with Gasteiger partial charge in [0.25, 0.3) is 0 Å². The van der Waals surface area contributed by atoms with Gasteiger partial charge in [-0.3, -0.25) is 9.59 Å². The van der Waals surface area contributed by atoms with Gasteiger partial charge in [0.1, 0.15) is 5.75 Å². The molecule has 3 rings (SSSR count). The number of rotatable bonds is 5. The predicted molar refractivity (Wildman–Crippen MR) is 76.0 cm³/mol. The van der Waals surface area contributed by atoms with Crippen molar-refractivity contribution >= 4 is 11.9 Å². The third kappa shape index (κ3) is 3.47. The van der Waals surface area contributed by atoms with E-state index in [0.29, 0.717) is 25.7 Å². The molecule has 0 saturated heterocycles. The van der Waals surface area contributed by atoms with Crippen molar-refractivity contribution in [1.82, 2.24) is 5.32 Å². The maximum atomic E-state index is 12.2. The number of aliphatic carboxylic acids is 1. The molecule has 0 heterocycles. The summed E-state index contributed by atoms with van der Waals surface area (Å²) < 4.78 is 40.3. The van der Waals surface area contributed by atoms with Gasteiger partial charge in [0.15, 0.2) is 0 Å². The van der Waals surface area contributed by atoms with Gasteiger partial charge < -0.3 is 15.2 Å². The van der Waals surface area contributed by atoms with Gasteiger partial charge in [0.05, 0.1) is 11.5 Å². The second-order valence-corrected chi connectivity index (χ2v) is 6.35. The van der Waals surface area contributed by atoms with Gasteiger partial charge in [-0.25, -0.2) is 0 Å². The predicted octanol–water partition coefficient (Wildman–Crippen LogP) is 2.80. The molecule has 0 aromatic heterocycles. The average Bonchev–Trinajstić information content (AvgIpc) is 3.16. The molecule has 2 fully saturated rings. The van der Waals surface area contributed by atoms with E-state index >= 15 is 0 Å². The maximum Gasteiger partial charge on any atom is 0.573 e. The number of carboxylic acid groups (broad SMARTS) is 1. The van der Waals surface area contributed by atoms with E-state index in [4.69, 9.17) is 5.11 Å². The minimum absolute atomic E-state index is 0.194. The summed E-state index contributed by atoms with van der Waals surface area (Å²) >= 11 is 0. The van der Waals surface area contributed by atoms with E-state index in [1.165, 1.54) is 24.3 Å². The Morgan fingerprint density at radius 2 is 1.71 bits per heavy atom. The lowest BCUT2D eigenvalue weighted by Gasteiger charge is -2.32. The van der Waals surface area contributed by atoms with Crippen LogP contribution in [0.15, 0.2) is 24.3 Å². The van der Waals surface area contributed by atoms with Crippen LogP contribution < -0.4 is 10.1 Å². The highest BCUT2D eigenvalue weighted by molar-refractivity contribution is 5.84. The van der Waals surface area contributed by atoms with E-state index in [1.807, 2.05) is 0 Å². The van der Waals surface area contributed by atoms with Crippen molar-refractivity contribution in [3.05, 3.63) is 29.8 Å². The van der Waals surface area contributed by atoms with Crippen LogP contribution in [0.5, 0.6) is 5.75 Å². The highest BCUT2D eigenvalue weighted by Crippen LogP contribution is 2.47. The van der Waals surface area contributed by atoms with Crippen molar-refractivity contribution in [2.24, 2.45) is 11.8 Å². The van der Waals surface area contributed by atoms with E-state index < -0.39 is 23.8 Å². The molecule has 24 heavy (non-hydrogen) atoms. The van der Waals surface area contributed by atoms with Crippen LogP contribution in [0.1, 0.15) is 31.2 Å². The lowest BCUT2D eigenvalue weighted by atomic mass is 9.74. The fourth-order valence-corrected chi connectivity index (χ4v) is 2.96. The van der Waals surface area contributed by atoms with Crippen LogP contribution in [-0.4, -0.2) is 23.3 Å². The SMILES string of the molecule is O=C(O)C1CC(C(=O)NC2(c3ccc(OC(F)(F)F)cc3)CC2)C1. The number of nitrogens with one attached hydrogen (secondary N) is 1. The Hall–Kier alpha value is -2.25. The number of halogens is 3. The zero-order valence-corrected chi connectivity index (χ0v) is 12.6. The zero-order valence-electron chi connectivity index (χ0n) is 12.6. The maximum absolute atomic E-state index is 12.2.